The number of hydrogen-bond donors (Lipinski definition) is 4. The molecule has 72 heavy (non-hydrogen) atoms. The standard InChI is InChI=1S/C5H7N.C5H6O.C5H6S.C4H6N2.2C3H5N3.4C3H4N2O.2C3H4N2S/c3*1-5-2-3-6-4-5;1-4-2-3-5-6-4;2*1-3-4-2-5-6-3;1-3-5-4-2-6-3;1-3-4-2-5-6-3;1-3-2-6-5-4-3;1-3-2-4-5-6-3;1-3-5-4-2-6-3;1-3-4-2-5-6-3/h2-4,6H,1H3;2*2-4H,1H3;2-3H,1H3,(H,5,6);2*2H,1H3,(H,4,5,6);6*2H,1H3. The lowest BCUT2D eigenvalue weighted by atomic mass is 10.4. The maximum absolute atomic E-state index is 4.71. The summed E-state index contributed by atoms with van der Waals surface area (Å²) in [5, 5.41) is 56.0. The maximum Gasteiger partial charge on any atom is 0.223 e. The molecule has 0 saturated carbocycles. The Balaban J connectivity index is 0.000000393. The van der Waals surface area contributed by atoms with Crippen LogP contribution in [0.2, 0.25) is 0 Å². The minimum atomic E-state index is 0.606. The van der Waals surface area contributed by atoms with Crippen LogP contribution in [0.4, 0.5) is 0 Å². The molecule has 0 aliphatic heterocycles. The van der Waals surface area contributed by atoms with Crippen LogP contribution in [0.1, 0.15) is 67.3 Å². The summed E-state index contributed by atoms with van der Waals surface area (Å²) in [6, 6.07) is 7.96. The van der Waals surface area contributed by atoms with Crippen molar-refractivity contribution in [2.45, 2.75) is 83.1 Å². The lowest BCUT2D eigenvalue weighted by Gasteiger charge is -1.68. The second kappa shape index (κ2) is 41.4. The lowest BCUT2D eigenvalue weighted by molar-refractivity contribution is 0.374. The van der Waals surface area contributed by atoms with E-state index in [9.17, 15) is 0 Å². The first kappa shape index (κ1) is 61.4. The molecule has 0 amide bonds. The van der Waals surface area contributed by atoms with Gasteiger partial charge < -0.3 is 27.4 Å². The molecular formula is C43H59N21O5S3. The summed E-state index contributed by atoms with van der Waals surface area (Å²) in [5.41, 5.74) is 7.46. The number of rotatable bonds is 0. The summed E-state index contributed by atoms with van der Waals surface area (Å²) in [5.74, 6) is 3.67. The number of aromatic nitrogens is 21. The highest BCUT2D eigenvalue weighted by Crippen LogP contribution is 2.01. The minimum Gasteiger partial charge on any atom is -0.472 e. The molecule has 26 nitrogen and oxygen atoms in total. The monoisotopic (exact) mass is 1050 g/mol. The van der Waals surface area contributed by atoms with Crippen LogP contribution in [-0.4, -0.2) is 106 Å². The van der Waals surface area contributed by atoms with Gasteiger partial charge in [0.15, 0.2) is 12.1 Å². The summed E-state index contributed by atoms with van der Waals surface area (Å²) in [6.45, 7) is 22.8. The first-order chi connectivity index (χ1) is 34.7. The molecule has 384 valence electrons. The normalized spacial score (nSPS) is 8.83. The SMILES string of the molecule is Cc1cc[nH]c1.Cc1ccn[nH]1.Cc1ccoc1.Cc1ccsc1.Cc1cnno1.Cc1conn1.Cc1ncn[nH]1.Cc1ncn[nH]1.Cc1ncno1.Cc1ncns1.Cc1nnco1.Cc1nncs1. The van der Waals surface area contributed by atoms with Crippen LogP contribution in [0.3, 0.4) is 0 Å². The largest absolute Gasteiger partial charge is 0.472 e. The van der Waals surface area contributed by atoms with Crippen molar-refractivity contribution in [3.05, 3.63) is 183 Å². The van der Waals surface area contributed by atoms with E-state index < -0.39 is 0 Å². The smallest absolute Gasteiger partial charge is 0.223 e. The quantitative estimate of drug-likeness (QED) is 0.110. The van der Waals surface area contributed by atoms with Crippen molar-refractivity contribution in [2.75, 3.05) is 0 Å². The molecule has 29 heteroatoms. The van der Waals surface area contributed by atoms with Gasteiger partial charge in [0.2, 0.25) is 18.2 Å². The van der Waals surface area contributed by atoms with E-state index in [2.05, 4.69) is 155 Å². The average molecular weight is 1050 g/mol. The summed E-state index contributed by atoms with van der Waals surface area (Å²) < 4.78 is 26.4. The lowest BCUT2D eigenvalue weighted by Crippen LogP contribution is -1.68. The average Bonchev–Trinajstić information content (AvgIpc) is 4.18. The van der Waals surface area contributed by atoms with Gasteiger partial charge in [-0.05, 0) is 132 Å². The van der Waals surface area contributed by atoms with E-state index in [1.165, 1.54) is 59.9 Å². The topological polar surface area (TPSA) is 348 Å². The van der Waals surface area contributed by atoms with E-state index in [1.807, 2.05) is 79.1 Å². The Kier molecular flexibility index (Phi) is 35.3. The zero-order valence-electron chi connectivity index (χ0n) is 41.8. The van der Waals surface area contributed by atoms with Crippen molar-refractivity contribution in [2.24, 2.45) is 0 Å². The van der Waals surface area contributed by atoms with Gasteiger partial charge >= 0.3 is 0 Å². The molecule has 0 aliphatic rings. The molecular weight excluding hydrogens is 987 g/mol. The number of aryl methyl sites for hydroxylation is 12. The van der Waals surface area contributed by atoms with Crippen molar-refractivity contribution in [3.63, 3.8) is 0 Å². The van der Waals surface area contributed by atoms with Gasteiger partial charge in [-0.25, -0.2) is 15.0 Å². The molecule has 0 bridgehead atoms. The second-order valence-corrected chi connectivity index (χ2v) is 16.1. The van der Waals surface area contributed by atoms with Crippen LogP contribution in [0, 0.1) is 83.1 Å². The zero-order chi connectivity index (χ0) is 52.9. The Hall–Kier alpha value is -8.57. The molecule has 4 N–H and O–H groups in total. The fourth-order valence-corrected chi connectivity index (χ4v) is 4.62. The highest BCUT2D eigenvalue weighted by molar-refractivity contribution is 7.09. The molecule has 12 rings (SSSR count). The molecule has 12 heterocycles. The molecule has 0 aliphatic carbocycles. The number of aromatic amines is 4. The fourth-order valence-electron chi connectivity index (χ4n) is 3.27. The van der Waals surface area contributed by atoms with Gasteiger partial charge in [0.05, 0.1) is 18.7 Å². The number of furan rings is 1. The van der Waals surface area contributed by atoms with Crippen molar-refractivity contribution >= 4 is 34.2 Å². The van der Waals surface area contributed by atoms with Gasteiger partial charge in [-0.2, -0.15) is 36.0 Å². The number of hydrogen-bond acceptors (Lipinski definition) is 25. The number of thiophene rings is 1. The Labute approximate surface area is 427 Å². The van der Waals surface area contributed by atoms with Crippen molar-refractivity contribution in [1.82, 2.24) is 106 Å². The maximum atomic E-state index is 4.71. The summed E-state index contributed by atoms with van der Waals surface area (Å²) >= 11 is 4.71. The second-order valence-electron chi connectivity index (χ2n) is 13.3. The predicted molar refractivity (Wildman–Crippen MR) is 269 cm³/mol. The van der Waals surface area contributed by atoms with Crippen molar-refractivity contribution < 1.29 is 22.4 Å². The summed E-state index contributed by atoms with van der Waals surface area (Å²) in [6.07, 6.45) is 19.2. The predicted octanol–water partition coefficient (Wildman–Crippen LogP) is 9.12. The number of nitrogens with one attached hydrogen (secondary N) is 4. The molecule has 0 fully saturated rings. The Morgan fingerprint density at radius 1 is 0.597 bits per heavy atom. The molecule has 0 aromatic carbocycles. The van der Waals surface area contributed by atoms with Gasteiger partial charge in [0.1, 0.15) is 58.1 Å². The minimum absolute atomic E-state index is 0.606. The molecule has 0 atom stereocenters. The van der Waals surface area contributed by atoms with Crippen molar-refractivity contribution in [1.29, 1.82) is 0 Å². The van der Waals surface area contributed by atoms with E-state index in [4.69, 9.17) is 4.42 Å². The first-order valence-corrected chi connectivity index (χ1v) is 23.4. The third kappa shape index (κ3) is 39.4. The Bertz CT molecular complexity index is 2040. The van der Waals surface area contributed by atoms with Crippen molar-refractivity contribution in [3.8, 4) is 0 Å². The van der Waals surface area contributed by atoms with E-state index >= 15 is 0 Å². The van der Waals surface area contributed by atoms with E-state index in [-0.39, 0.29) is 0 Å². The molecule has 0 radical (unpaired) electrons. The molecule has 12 aromatic rings. The zero-order valence-corrected chi connectivity index (χ0v) is 44.3. The van der Waals surface area contributed by atoms with Gasteiger partial charge in [-0.1, -0.05) is 5.16 Å². The van der Waals surface area contributed by atoms with Crippen LogP contribution < -0.4 is 0 Å². The molecule has 0 spiro atoms. The van der Waals surface area contributed by atoms with Crippen LogP contribution in [0.15, 0.2) is 138 Å². The van der Waals surface area contributed by atoms with E-state index in [0.717, 1.165) is 38.8 Å². The Morgan fingerprint density at radius 3 is 1.51 bits per heavy atom. The fraction of sp³-hybridized carbons (Fsp3) is 0.279. The van der Waals surface area contributed by atoms with Gasteiger partial charge in [0.25, 0.3) is 0 Å². The molecule has 12 aromatic heterocycles. The molecule has 0 saturated heterocycles. The van der Waals surface area contributed by atoms with Crippen LogP contribution in [0.25, 0.3) is 0 Å². The highest BCUT2D eigenvalue weighted by Gasteiger charge is 1.83. The third-order valence-corrected chi connectivity index (χ3v) is 8.61. The first-order valence-electron chi connectivity index (χ1n) is 20.8. The highest BCUT2D eigenvalue weighted by atomic mass is 32.1. The number of nitrogens with zero attached hydrogens (tertiary/aromatic N) is 17. The van der Waals surface area contributed by atoms with Gasteiger partial charge in [0, 0.05) is 48.7 Å². The summed E-state index contributed by atoms with van der Waals surface area (Å²) in [7, 11) is 0. The van der Waals surface area contributed by atoms with E-state index in [0.29, 0.717) is 11.8 Å². The molecule has 0 unspecified atom stereocenters. The van der Waals surface area contributed by atoms with Gasteiger partial charge in [-0.15, -0.1) is 41.9 Å². The van der Waals surface area contributed by atoms with Gasteiger partial charge in [-0.3, -0.25) is 15.3 Å². The summed E-state index contributed by atoms with van der Waals surface area (Å²) in [4.78, 5) is 17.9. The number of H-pyrrole nitrogens is 4. The Morgan fingerprint density at radius 2 is 1.36 bits per heavy atom. The van der Waals surface area contributed by atoms with Crippen LogP contribution >= 0.6 is 34.2 Å². The van der Waals surface area contributed by atoms with E-state index in [1.54, 1.807) is 80.2 Å². The third-order valence-electron chi connectivity index (χ3n) is 6.61. The van der Waals surface area contributed by atoms with Crippen LogP contribution in [-0.2, 0) is 0 Å². The van der Waals surface area contributed by atoms with Crippen LogP contribution in [0.5, 0.6) is 0 Å².